The van der Waals surface area contributed by atoms with Crippen LogP contribution in [0.1, 0.15) is 65.2 Å². The molecule has 1 amide bonds. The van der Waals surface area contributed by atoms with Crippen molar-refractivity contribution in [3.63, 3.8) is 0 Å². The largest absolute Gasteiger partial charge is 0.383 e. The highest BCUT2D eigenvalue weighted by atomic mass is 16.5. The number of amides is 1. The predicted octanol–water partition coefficient (Wildman–Crippen LogP) is 2.87. The molecule has 0 fully saturated rings. The number of rotatable bonds is 14. The van der Waals surface area contributed by atoms with E-state index in [1.807, 2.05) is 6.92 Å². The third-order valence-electron chi connectivity index (χ3n) is 3.32. The first kappa shape index (κ1) is 19.4. The van der Waals surface area contributed by atoms with Crippen LogP contribution in [0.4, 0.5) is 0 Å². The van der Waals surface area contributed by atoms with Crippen molar-refractivity contribution in [2.24, 2.45) is 0 Å². The Bertz CT molecular complexity index is 223. The lowest BCUT2D eigenvalue weighted by Gasteiger charge is -2.13. The molecule has 0 saturated carbocycles. The zero-order chi connectivity index (χ0) is 15.1. The van der Waals surface area contributed by atoms with E-state index in [9.17, 15) is 4.79 Å². The van der Waals surface area contributed by atoms with Crippen LogP contribution in [-0.4, -0.2) is 38.8 Å². The molecule has 2 N–H and O–H groups in total. The molecule has 4 heteroatoms. The van der Waals surface area contributed by atoms with Gasteiger partial charge in [-0.3, -0.25) is 4.79 Å². The van der Waals surface area contributed by atoms with Gasteiger partial charge in [0.2, 0.25) is 5.91 Å². The summed E-state index contributed by atoms with van der Waals surface area (Å²) < 4.78 is 4.97. The van der Waals surface area contributed by atoms with Crippen LogP contribution in [0.15, 0.2) is 0 Å². The molecule has 0 spiro atoms. The van der Waals surface area contributed by atoms with Crippen LogP contribution in [0, 0.1) is 0 Å². The van der Waals surface area contributed by atoms with Gasteiger partial charge in [-0.2, -0.15) is 0 Å². The molecule has 0 saturated heterocycles. The molecule has 0 bridgehead atoms. The number of methoxy groups -OCH3 is 1. The number of hydrogen-bond acceptors (Lipinski definition) is 3. The van der Waals surface area contributed by atoms with Crippen molar-refractivity contribution < 1.29 is 9.53 Å². The van der Waals surface area contributed by atoms with Crippen LogP contribution in [0.25, 0.3) is 0 Å². The summed E-state index contributed by atoms with van der Waals surface area (Å²) in [4.78, 5) is 11.5. The van der Waals surface area contributed by atoms with Gasteiger partial charge in [0.15, 0.2) is 0 Å². The monoisotopic (exact) mass is 286 g/mol. The minimum atomic E-state index is 0.0501. The molecular weight excluding hydrogens is 252 g/mol. The van der Waals surface area contributed by atoms with Gasteiger partial charge in [-0.15, -0.1) is 0 Å². The number of hydrogen-bond donors (Lipinski definition) is 2. The molecule has 0 radical (unpaired) electrons. The lowest BCUT2D eigenvalue weighted by atomic mass is 10.1. The Morgan fingerprint density at radius 2 is 1.65 bits per heavy atom. The van der Waals surface area contributed by atoms with Gasteiger partial charge in [-0.25, -0.2) is 0 Å². The quantitative estimate of drug-likeness (QED) is 0.483. The molecule has 1 unspecified atom stereocenters. The Morgan fingerprint density at radius 1 is 1.05 bits per heavy atom. The normalized spacial score (nSPS) is 12.3. The van der Waals surface area contributed by atoms with Crippen LogP contribution in [0.2, 0.25) is 0 Å². The topological polar surface area (TPSA) is 50.4 Å². The Hall–Kier alpha value is -0.610. The molecule has 20 heavy (non-hydrogen) atoms. The molecule has 120 valence electrons. The van der Waals surface area contributed by atoms with Gasteiger partial charge in [0, 0.05) is 13.2 Å². The first-order valence-electron chi connectivity index (χ1n) is 8.19. The third kappa shape index (κ3) is 13.8. The van der Waals surface area contributed by atoms with Crippen LogP contribution in [0.5, 0.6) is 0 Å². The zero-order valence-electron chi connectivity index (χ0n) is 13.7. The van der Waals surface area contributed by atoms with Gasteiger partial charge < -0.3 is 15.4 Å². The smallest absolute Gasteiger partial charge is 0.234 e. The van der Waals surface area contributed by atoms with Crippen molar-refractivity contribution in [2.75, 3.05) is 26.8 Å². The summed E-state index contributed by atoms with van der Waals surface area (Å²) in [5.74, 6) is 0.0501. The SMILES string of the molecule is CCCCCCCCCCNCC(=O)NC(C)COC. The average Bonchev–Trinajstić information content (AvgIpc) is 2.41. The van der Waals surface area contributed by atoms with E-state index in [0.29, 0.717) is 13.2 Å². The number of carbonyl (C=O) groups is 1. The maximum absolute atomic E-state index is 11.5. The fraction of sp³-hybridized carbons (Fsp3) is 0.938. The molecule has 0 aromatic heterocycles. The van der Waals surface area contributed by atoms with Gasteiger partial charge in [0.25, 0.3) is 0 Å². The third-order valence-corrected chi connectivity index (χ3v) is 3.32. The molecule has 0 rings (SSSR count). The summed E-state index contributed by atoms with van der Waals surface area (Å²) in [6.45, 7) is 6.09. The second kappa shape index (κ2) is 14.8. The van der Waals surface area contributed by atoms with Crippen molar-refractivity contribution in [3.8, 4) is 0 Å². The Labute approximate surface area is 125 Å². The summed E-state index contributed by atoms with van der Waals surface area (Å²) in [6.07, 6.45) is 10.6. The van der Waals surface area contributed by atoms with Crippen LogP contribution >= 0.6 is 0 Å². The van der Waals surface area contributed by atoms with E-state index in [2.05, 4.69) is 17.6 Å². The minimum Gasteiger partial charge on any atom is -0.383 e. The highest BCUT2D eigenvalue weighted by Gasteiger charge is 2.05. The van der Waals surface area contributed by atoms with Crippen molar-refractivity contribution in [1.29, 1.82) is 0 Å². The van der Waals surface area contributed by atoms with E-state index >= 15 is 0 Å². The second-order valence-electron chi connectivity index (χ2n) is 5.58. The van der Waals surface area contributed by atoms with Gasteiger partial charge >= 0.3 is 0 Å². The van der Waals surface area contributed by atoms with Gasteiger partial charge in [0.05, 0.1) is 13.2 Å². The molecule has 0 aromatic carbocycles. The number of unbranched alkanes of at least 4 members (excludes halogenated alkanes) is 7. The van der Waals surface area contributed by atoms with E-state index < -0.39 is 0 Å². The zero-order valence-corrected chi connectivity index (χ0v) is 13.7. The van der Waals surface area contributed by atoms with Crippen molar-refractivity contribution in [2.45, 2.75) is 71.3 Å². The Balaban J connectivity index is 3.21. The Kier molecular flexibility index (Phi) is 14.3. The maximum atomic E-state index is 11.5. The predicted molar refractivity (Wildman–Crippen MR) is 85.0 cm³/mol. The average molecular weight is 286 g/mol. The van der Waals surface area contributed by atoms with Crippen LogP contribution < -0.4 is 10.6 Å². The summed E-state index contributed by atoms with van der Waals surface area (Å²) >= 11 is 0. The number of nitrogens with one attached hydrogen (secondary N) is 2. The molecule has 0 heterocycles. The standard InChI is InChI=1S/C16H34N2O2/c1-4-5-6-7-8-9-10-11-12-17-13-16(19)18-15(2)14-20-3/h15,17H,4-14H2,1-3H3,(H,18,19). The minimum absolute atomic E-state index is 0.0501. The van der Waals surface area contributed by atoms with Crippen molar-refractivity contribution >= 4 is 5.91 Å². The number of ether oxygens (including phenoxy) is 1. The van der Waals surface area contributed by atoms with Gasteiger partial charge in [0.1, 0.15) is 0 Å². The summed E-state index contributed by atoms with van der Waals surface area (Å²) in [5, 5.41) is 6.08. The van der Waals surface area contributed by atoms with Gasteiger partial charge in [-0.1, -0.05) is 51.9 Å². The van der Waals surface area contributed by atoms with Crippen LogP contribution in [-0.2, 0) is 9.53 Å². The van der Waals surface area contributed by atoms with Gasteiger partial charge in [-0.05, 0) is 19.9 Å². The summed E-state index contributed by atoms with van der Waals surface area (Å²) in [5.41, 5.74) is 0. The first-order chi connectivity index (χ1) is 9.70. The second-order valence-corrected chi connectivity index (χ2v) is 5.58. The van der Waals surface area contributed by atoms with E-state index in [0.717, 1.165) is 13.0 Å². The highest BCUT2D eigenvalue weighted by Crippen LogP contribution is 2.07. The van der Waals surface area contributed by atoms with E-state index in [-0.39, 0.29) is 11.9 Å². The molecule has 0 aliphatic carbocycles. The lowest BCUT2D eigenvalue weighted by Crippen LogP contribution is -2.41. The lowest BCUT2D eigenvalue weighted by molar-refractivity contribution is -0.121. The molecule has 1 atom stereocenters. The molecule has 0 aromatic rings. The fourth-order valence-corrected chi connectivity index (χ4v) is 2.20. The van der Waals surface area contributed by atoms with E-state index in [1.165, 1.54) is 44.9 Å². The highest BCUT2D eigenvalue weighted by molar-refractivity contribution is 5.78. The van der Waals surface area contributed by atoms with Crippen molar-refractivity contribution in [3.05, 3.63) is 0 Å². The maximum Gasteiger partial charge on any atom is 0.234 e. The van der Waals surface area contributed by atoms with Crippen molar-refractivity contribution in [1.82, 2.24) is 10.6 Å². The number of carbonyl (C=O) groups excluding carboxylic acids is 1. The summed E-state index contributed by atoms with van der Waals surface area (Å²) in [7, 11) is 1.64. The summed E-state index contributed by atoms with van der Waals surface area (Å²) in [6, 6.07) is 0.0809. The van der Waals surface area contributed by atoms with E-state index in [1.54, 1.807) is 7.11 Å². The fourth-order valence-electron chi connectivity index (χ4n) is 2.20. The molecule has 0 aliphatic heterocycles. The Morgan fingerprint density at radius 3 is 2.25 bits per heavy atom. The van der Waals surface area contributed by atoms with Crippen LogP contribution in [0.3, 0.4) is 0 Å². The first-order valence-corrected chi connectivity index (χ1v) is 8.19. The molecule has 4 nitrogen and oxygen atoms in total. The molecular formula is C16H34N2O2. The molecule has 0 aliphatic rings. The van der Waals surface area contributed by atoms with E-state index in [4.69, 9.17) is 4.74 Å².